The first kappa shape index (κ1) is 9.38. The Morgan fingerprint density at radius 2 is 1.75 bits per heavy atom. The molecule has 0 bridgehead atoms. The van der Waals surface area contributed by atoms with Gasteiger partial charge in [-0.25, -0.2) is 8.78 Å². The summed E-state index contributed by atoms with van der Waals surface area (Å²) in [5.41, 5.74) is -1.82. The van der Waals surface area contributed by atoms with Crippen molar-refractivity contribution in [3.05, 3.63) is 33.8 Å². The molecule has 0 spiro atoms. The van der Waals surface area contributed by atoms with Gasteiger partial charge in [0.15, 0.2) is 7.85 Å². The van der Waals surface area contributed by atoms with Crippen molar-refractivity contribution in [3.63, 3.8) is 0 Å². The number of hydrogen-bond acceptors (Lipinski definition) is 1. The minimum Gasteiger partial charge on any atom is -0.307 e. The Bertz CT molecular complexity index is 317. The molecule has 2 radical (unpaired) electrons. The van der Waals surface area contributed by atoms with E-state index < -0.39 is 22.9 Å². The third-order valence-corrected chi connectivity index (χ3v) is 1.71. The van der Waals surface area contributed by atoms with Gasteiger partial charge in [-0.2, -0.15) is 0 Å². The Hall–Kier alpha value is -0.705. The number of carbonyl (C=O) groups is 1. The van der Waals surface area contributed by atoms with Crippen LogP contribution in [0, 0.1) is 11.6 Å². The maximum Gasteiger partial charge on any atom is 0.175 e. The molecule has 0 aliphatic carbocycles. The van der Waals surface area contributed by atoms with E-state index >= 15 is 0 Å². The second kappa shape index (κ2) is 3.35. The van der Waals surface area contributed by atoms with Gasteiger partial charge in [-0.3, -0.25) is 0 Å². The molecule has 12 heavy (non-hydrogen) atoms. The summed E-state index contributed by atoms with van der Waals surface area (Å²) in [6, 6.07) is 1.95. The molecule has 0 aromatic heterocycles. The zero-order chi connectivity index (χ0) is 9.30. The summed E-state index contributed by atoms with van der Waals surface area (Å²) in [6.45, 7) is 0. The van der Waals surface area contributed by atoms with Gasteiger partial charge in [0.25, 0.3) is 0 Å². The molecule has 0 aliphatic heterocycles. The number of halogens is 3. The molecule has 0 fully saturated rings. The molecule has 1 aromatic carbocycles. The van der Waals surface area contributed by atoms with Gasteiger partial charge in [0.1, 0.15) is 17.3 Å². The van der Waals surface area contributed by atoms with Crippen LogP contribution in [0.3, 0.4) is 0 Å². The summed E-state index contributed by atoms with van der Waals surface area (Å²) in [4.78, 5) is 10.5. The van der Waals surface area contributed by atoms with Gasteiger partial charge in [0.2, 0.25) is 0 Å². The van der Waals surface area contributed by atoms with Crippen LogP contribution in [-0.2, 0) is 0 Å². The van der Waals surface area contributed by atoms with E-state index in [1.54, 1.807) is 0 Å². The normalized spacial score (nSPS) is 9.92. The van der Waals surface area contributed by atoms with Crippen molar-refractivity contribution in [1.29, 1.82) is 0 Å². The van der Waals surface area contributed by atoms with Crippen LogP contribution in [0.4, 0.5) is 8.78 Å². The molecule has 0 aliphatic rings. The van der Waals surface area contributed by atoms with Gasteiger partial charge in [-0.05, 0) is 12.1 Å². The fourth-order valence-corrected chi connectivity index (χ4v) is 1.18. The molecule has 1 aromatic rings. The van der Waals surface area contributed by atoms with E-state index in [9.17, 15) is 13.6 Å². The molecule has 0 N–H and O–H groups in total. The van der Waals surface area contributed by atoms with Crippen LogP contribution in [0.15, 0.2) is 16.6 Å². The summed E-state index contributed by atoms with van der Waals surface area (Å²) >= 11 is 2.86. The summed E-state index contributed by atoms with van der Waals surface area (Å²) in [6.07, 6.45) is 0. The molecule has 1 rings (SSSR count). The maximum absolute atomic E-state index is 12.8. The lowest BCUT2D eigenvalue weighted by Crippen LogP contribution is -2.04. The SMILES string of the molecule is [B]C(=O)c1c(F)cc(Br)cc1F. The van der Waals surface area contributed by atoms with E-state index in [1.165, 1.54) is 0 Å². The zero-order valence-corrected chi connectivity index (χ0v) is 7.36. The molecule has 0 amide bonds. The zero-order valence-electron chi connectivity index (χ0n) is 5.77. The van der Waals surface area contributed by atoms with Crippen molar-refractivity contribution in [2.24, 2.45) is 0 Å². The molecule has 0 atom stereocenters. The molecule has 0 saturated heterocycles. The monoisotopic (exact) mass is 230 g/mol. The van der Waals surface area contributed by atoms with Crippen molar-refractivity contribution in [2.45, 2.75) is 0 Å². The van der Waals surface area contributed by atoms with Crippen LogP contribution in [0.1, 0.15) is 10.4 Å². The van der Waals surface area contributed by atoms with Gasteiger partial charge in [0, 0.05) is 4.47 Å². The molecule has 5 heteroatoms. The van der Waals surface area contributed by atoms with E-state index in [2.05, 4.69) is 15.9 Å². The third kappa shape index (κ3) is 1.72. The predicted octanol–water partition coefficient (Wildman–Crippen LogP) is 2.04. The summed E-state index contributed by atoms with van der Waals surface area (Å²) < 4.78 is 25.8. The largest absolute Gasteiger partial charge is 0.307 e. The lowest BCUT2D eigenvalue weighted by molar-refractivity contribution is 0.107. The quantitative estimate of drug-likeness (QED) is 0.675. The van der Waals surface area contributed by atoms with E-state index in [1.807, 2.05) is 0 Å². The number of benzene rings is 1. The second-order valence-corrected chi connectivity index (χ2v) is 3.02. The Balaban J connectivity index is 3.38. The molecule has 1 nitrogen and oxygen atoms in total. The fourth-order valence-electron chi connectivity index (χ4n) is 0.778. The standard InChI is InChI=1S/C7H2BBrF2O/c8-7(12)6-4(10)1-3(9)2-5(6)11/h1-2H. The van der Waals surface area contributed by atoms with Crippen LogP contribution in [0.5, 0.6) is 0 Å². The predicted molar refractivity (Wildman–Crippen MR) is 44.1 cm³/mol. The van der Waals surface area contributed by atoms with Gasteiger partial charge in [0.05, 0.1) is 5.56 Å². The fraction of sp³-hybridized carbons (Fsp3) is 0. The number of hydrogen-bond donors (Lipinski definition) is 0. The minimum atomic E-state index is -1.11. The van der Waals surface area contributed by atoms with Crippen LogP contribution in [0.25, 0.3) is 0 Å². The highest BCUT2D eigenvalue weighted by Gasteiger charge is 2.13. The average molecular weight is 231 g/mol. The van der Waals surface area contributed by atoms with Crippen molar-refractivity contribution >= 4 is 29.5 Å². The topological polar surface area (TPSA) is 17.1 Å². The summed E-state index contributed by atoms with van der Waals surface area (Å²) in [7, 11) is 4.73. The lowest BCUT2D eigenvalue weighted by Gasteiger charge is -2.00. The highest BCUT2D eigenvalue weighted by atomic mass is 79.9. The van der Waals surface area contributed by atoms with Gasteiger partial charge < -0.3 is 4.79 Å². The Labute approximate surface area is 77.3 Å². The van der Waals surface area contributed by atoms with Gasteiger partial charge in [-0.1, -0.05) is 15.9 Å². The van der Waals surface area contributed by atoms with E-state index in [4.69, 9.17) is 7.85 Å². The first-order valence-electron chi connectivity index (χ1n) is 2.96. The molecule has 0 unspecified atom stereocenters. The molecular weight excluding hydrogens is 229 g/mol. The van der Waals surface area contributed by atoms with Crippen molar-refractivity contribution < 1.29 is 13.6 Å². The Morgan fingerprint density at radius 1 is 1.33 bits per heavy atom. The van der Waals surface area contributed by atoms with Crippen molar-refractivity contribution in [3.8, 4) is 0 Å². The lowest BCUT2D eigenvalue weighted by atomic mass is 9.94. The average Bonchev–Trinajstić information content (AvgIpc) is 1.82. The first-order chi connectivity index (χ1) is 5.52. The highest BCUT2D eigenvalue weighted by Crippen LogP contribution is 2.18. The first-order valence-corrected chi connectivity index (χ1v) is 3.76. The van der Waals surface area contributed by atoms with Crippen LogP contribution in [-0.4, -0.2) is 13.5 Å². The Morgan fingerprint density at radius 3 is 2.08 bits per heavy atom. The third-order valence-electron chi connectivity index (χ3n) is 1.25. The van der Waals surface area contributed by atoms with Gasteiger partial charge in [-0.15, -0.1) is 0 Å². The van der Waals surface area contributed by atoms with Gasteiger partial charge >= 0.3 is 0 Å². The van der Waals surface area contributed by atoms with Crippen LogP contribution >= 0.6 is 15.9 Å². The van der Waals surface area contributed by atoms with Crippen molar-refractivity contribution in [1.82, 2.24) is 0 Å². The van der Waals surface area contributed by atoms with E-state index in [0.29, 0.717) is 0 Å². The number of rotatable bonds is 1. The minimum absolute atomic E-state index is 0.225. The summed E-state index contributed by atoms with van der Waals surface area (Å²) in [5, 5.41) is 0. The number of carbonyl (C=O) groups excluding carboxylic acids is 1. The van der Waals surface area contributed by atoms with Crippen LogP contribution < -0.4 is 0 Å². The molecule has 0 saturated carbocycles. The van der Waals surface area contributed by atoms with E-state index in [0.717, 1.165) is 12.1 Å². The summed E-state index contributed by atoms with van der Waals surface area (Å²) in [5.74, 6) is -1.93. The van der Waals surface area contributed by atoms with Crippen molar-refractivity contribution in [2.75, 3.05) is 0 Å². The second-order valence-electron chi connectivity index (χ2n) is 2.11. The van der Waals surface area contributed by atoms with Crippen LogP contribution in [0.2, 0.25) is 0 Å². The molecule has 60 valence electrons. The molecular formula is C7H2BBrF2O. The maximum atomic E-state index is 12.8. The highest BCUT2D eigenvalue weighted by molar-refractivity contribution is 9.10. The van der Waals surface area contributed by atoms with E-state index in [-0.39, 0.29) is 4.47 Å². The smallest absolute Gasteiger partial charge is 0.175 e. The Kier molecular flexibility index (Phi) is 2.62. The molecule has 0 heterocycles.